The van der Waals surface area contributed by atoms with Crippen molar-refractivity contribution in [2.75, 3.05) is 31.6 Å². The van der Waals surface area contributed by atoms with Crippen molar-refractivity contribution in [3.63, 3.8) is 0 Å². The molecule has 1 fully saturated rings. The second-order valence-electron chi connectivity index (χ2n) is 8.01. The number of fused-ring (bicyclic) bond motifs is 2. The summed E-state index contributed by atoms with van der Waals surface area (Å²) in [7, 11) is 0. The van der Waals surface area contributed by atoms with Crippen molar-refractivity contribution >= 4 is 22.4 Å². The zero-order valence-electron chi connectivity index (χ0n) is 17.0. The number of aromatic nitrogens is 2. The summed E-state index contributed by atoms with van der Waals surface area (Å²) >= 11 is 0. The van der Waals surface area contributed by atoms with Crippen LogP contribution >= 0.6 is 0 Å². The summed E-state index contributed by atoms with van der Waals surface area (Å²) in [6.07, 6.45) is 5.26. The second-order valence-corrected chi connectivity index (χ2v) is 8.01. The lowest BCUT2D eigenvalue weighted by molar-refractivity contribution is 0.0535. The smallest absolute Gasteiger partial charge is 0.163 e. The Morgan fingerprint density at radius 3 is 2.87 bits per heavy atom. The van der Waals surface area contributed by atoms with E-state index in [-0.39, 0.29) is 11.9 Å². The molecule has 0 unspecified atom stereocenters. The molecule has 2 aliphatic heterocycles. The Bertz CT molecular complexity index is 1070. The number of hydrogen-bond acceptors (Lipinski definition) is 6. The van der Waals surface area contributed by atoms with Gasteiger partial charge >= 0.3 is 0 Å². The number of hydrogen-bond donors (Lipinski definition) is 1. The highest BCUT2D eigenvalue weighted by molar-refractivity contribution is 5.93. The standard InChI is InChI=1S/C23H25FN4O2/c1-15-6-5-7-18(22(15)24)27-23-17-10-21-20(11-19(17)25-14-26-23)29-13-16(30-21)12-28-8-3-2-4-9-28/h5-7,10-11,14,16H,2-4,8-9,12-13H2,1H3,(H,25,26,27)/t16-/m0/s1. The minimum Gasteiger partial charge on any atom is -0.486 e. The van der Waals surface area contributed by atoms with Gasteiger partial charge in [-0.15, -0.1) is 0 Å². The lowest BCUT2D eigenvalue weighted by Gasteiger charge is -2.33. The van der Waals surface area contributed by atoms with Crippen LogP contribution in [0.15, 0.2) is 36.7 Å². The van der Waals surface area contributed by atoms with Crippen LogP contribution in [-0.4, -0.2) is 47.2 Å². The first-order valence-electron chi connectivity index (χ1n) is 10.5. The fraction of sp³-hybridized carbons (Fsp3) is 0.391. The first-order valence-corrected chi connectivity index (χ1v) is 10.5. The molecular formula is C23H25FN4O2. The van der Waals surface area contributed by atoms with E-state index in [4.69, 9.17) is 9.47 Å². The Morgan fingerprint density at radius 1 is 1.13 bits per heavy atom. The van der Waals surface area contributed by atoms with Crippen molar-refractivity contribution in [1.82, 2.24) is 14.9 Å². The molecule has 2 aromatic carbocycles. The molecular weight excluding hydrogens is 383 g/mol. The van der Waals surface area contributed by atoms with Crippen molar-refractivity contribution in [3.05, 3.63) is 48.0 Å². The van der Waals surface area contributed by atoms with Crippen LogP contribution in [0.1, 0.15) is 24.8 Å². The first-order chi connectivity index (χ1) is 14.7. The average Bonchev–Trinajstić information content (AvgIpc) is 2.76. The van der Waals surface area contributed by atoms with Crippen LogP contribution < -0.4 is 14.8 Å². The molecule has 0 aliphatic carbocycles. The monoisotopic (exact) mass is 408 g/mol. The van der Waals surface area contributed by atoms with E-state index in [0.29, 0.717) is 35.2 Å². The van der Waals surface area contributed by atoms with Crippen LogP contribution in [0.5, 0.6) is 11.5 Å². The molecule has 3 aromatic rings. The van der Waals surface area contributed by atoms with Crippen LogP contribution in [0.3, 0.4) is 0 Å². The largest absolute Gasteiger partial charge is 0.486 e. The number of nitrogens with zero attached hydrogens (tertiary/aromatic N) is 3. The van der Waals surface area contributed by atoms with Gasteiger partial charge in [0.25, 0.3) is 0 Å². The summed E-state index contributed by atoms with van der Waals surface area (Å²) in [6, 6.07) is 9.00. The molecule has 0 amide bonds. The first kappa shape index (κ1) is 19.1. The van der Waals surface area contributed by atoms with Gasteiger partial charge in [-0.1, -0.05) is 18.6 Å². The molecule has 6 nitrogen and oxygen atoms in total. The summed E-state index contributed by atoms with van der Waals surface area (Å²) in [6.45, 7) is 5.37. The van der Waals surface area contributed by atoms with Gasteiger partial charge in [-0.3, -0.25) is 4.90 Å². The fourth-order valence-corrected chi connectivity index (χ4v) is 4.16. The van der Waals surface area contributed by atoms with Crippen LogP contribution in [0.2, 0.25) is 0 Å². The van der Waals surface area contributed by atoms with E-state index in [1.165, 1.54) is 25.6 Å². The van der Waals surface area contributed by atoms with Crippen molar-refractivity contribution in [1.29, 1.82) is 0 Å². The number of anilines is 2. The van der Waals surface area contributed by atoms with Crippen molar-refractivity contribution in [3.8, 4) is 11.5 Å². The molecule has 0 spiro atoms. The number of benzene rings is 2. The van der Waals surface area contributed by atoms with Crippen LogP contribution in [0.25, 0.3) is 10.9 Å². The maximum Gasteiger partial charge on any atom is 0.163 e. The molecule has 5 rings (SSSR count). The second kappa shape index (κ2) is 8.07. The van der Waals surface area contributed by atoms with Gasteiger partial charge in [0.2, 0.25) is 0 Å². The van der Waals surface area contributed by atoms with E-state index >= 15 is 0 Å². The van der Waals surface area contributed by atoms with E-state index in [0.717, 1.165) is 30.5 Å². The summed E-state index contributed by atoms with van der Waals surface area (Å²) in [5, 5.41) is 3.87. The van der Waals surface area contributed by atoms with Gasteiger partial charge in [-0.25, -0.2) is 14.4 Å². The topological polar surface area (TPSA) is 59.5 Å². The fourth-order valence-electron chi connectivity index (χ4n) is 4.16. The van der Waals surface area contributed by atoms with Crippen molar-refractivity contribution < 1.29 is 13.9 Å². The van der Waals surface area contributed by atoms with Crippen LogP contribution in [-0.2, 0) is 0 Å². The molecule has 0 bridgehead atoms. The Balaban J connectivity index is 1.42. The maximum atomic E-state index is 14.5. The third-order valence-electron chi connectivity index (χ3n) is 5.77. The number of rotatable bonds is 4. The molecule has 1 saturated heterocycles. The number of aryl methyl sites for hydroxylation is 1. The minimum atomic E-state index is -0.289. The highest BCUT2D eigenvalue weighted by Crippen LogP contribution is 2.38. The Kier molecular flexibility index (Phi) is 5.12. The third kappa shape index (κ3) is 3.77. The molecule has 0 saturated carbocycles. The predicted octanol–water partition coefficient (Wildman–Crippen LogP) is 4.45. The molecule has 3 heterocycles. The van der Waals surface area contributed by atoms with Gasteiger partial charge in [0.1, 0.15) is 30.7 Å². The normalized spacial score (nSPS) is 19.1. The zero-order chi connectivity index (χ0) is 20.5. The van der Waals surface area contributed by atoms with Gasteiger partial charge < -0.3 is 14.8 Å². The van der Waals surface area contributed by atoms with E-state index in [1.807, 2.05) is 18.2 Å². The summed E-state index contributed by atoms with van der Waals surface area (Å²) in [5.41, 5.74) is 1.68. The molecule has 0 radical (unpaired) electrons. The third-order valence-corrected chi connectivity index (χ3v) is 5.77. The minimum absolute atomic E-state index is 0.0108. The lowest BCUT2D eigenvalue weighted by atomic mass is 10.1. The van der Waals surface area contributed by atoms with Gasteiger partial charge in [0.05, 0.1) is 11.2 Å². The molecule has 2 aliphatic rings. The Hall–Kier alpha value is -2.93. The molecule has 156 valence electrons. The van der Waals surface area contributed by atoms with E-state index < -0.39 is 0 Å². The quantitative estimate of drug-likeness (QED) is 0.688. The zero-order valence-corrected chi connectivity index (χ0v) is 17.0. The van der Waals surface area contributed by atoms with E-state index in [2.05, 4.69) is 20.2 Å². The number of likely N-dealkylation sites (tertiary alicyclic amines) is 1. The van der Waals surface area contributed by atoms with E-state index in [1.54, 1.807) is 19.1 Å². The highest BCUT2D eigenvalue weighted by atomic mass is 19.1. The Morgan fingerprint density at radius 2 is 2.00 bits per heavy atom. The number of halogens is 1. The predicted molar refractivity (Wildman–Crippen MR) is 114 cm³/mol. The lowest BCUT2D eigenvalue weighted by Crippen LogP contribution is -2.42. The SMILES string of the molecule is Cc1cccc(Nc2ncnc3cc4c(cc23)O[C@@H](CN2CCCCC2)CO4)c1F. The Labute approximate surface area is 175 Å². The summed E-state index contributed by atoms with van der Waals surface area (Å²) < 4.78 is 26.7. The highest BCUT2D eigenvalue weighted by Gasteiger charge is 2.25. The maximum absolute atomic E-state index is 14.5. The van der Waals surface area contributed by atoms with Gasteiger partial charge in [-0.2, -0.15) is 0 Å². The van der Waals surface area contributed by atoms with Crippen LogP contribution in [0.4, 0.5) is 15.9 Å². The van der Waals surface area contributed by atoms with Crippen molar-refractivity contribution in [2.24, 2.45) is 0 Å². The number of piperidine rings is 1. The molecule has 1 atom stereocenters. The number of ether oxygens (including phenoxy) is 2. The molecule has 7 heteroatoms. The molecule has 1 aromatic heterocycles. The summed E-state index contributed by atoms with van der Waals surface area (Å²) in [5.74, 6) is 1.61. The van der Waals surface area contributed by atoms with Gasteiger partial charge in [0, 0.05) is 18.0 Å². The van der Waals surface area contributed by atoms with Crippen molar-refractivity contribution in [2.45, 2.75) is 32.3 Å². The van der Waals surface area contributed by atoms with Crippen LogP contribution in [0, 0.1) is 12.7 Å². The molecule has 30 heavy (non-hydrogen) atoms. The molecule has 1 N–H and O–H groups in total. The summed E-state index contributed by atoms with van der Waals surface area (Å²) in [4.78, 5) is 11.1. The van der Waals surface area contributed by atoms with Gasteiger partial charge in [-0.05, 0) is 50.6 Å². The van der Waals surface area contributed by atoms with Gasteiger partial charge in [0.15, 0.2) is 11.5 Å². The van der Waals surface area contributed by atoms with E-state index in [9.17, 15) is 4.39 Å². The average molecular weight is 408 g/mol. The number of nitrogens with one attached hydrogen (secondary N) is 1.